The molecular weight excluding hydrogens is 360 g/mol. The van der Waals surface area contributed by atoms with Crippen molar-refractivity contribution >= 4 is 0 Å². The van der Waals surface area contributed by atoms with E-state index in [0.29, 0.717) is 6.04 Å². The second kappa shape index (κ2) is 9.29. The van der Waals surface area contributed by atoms with Crippen molar-refractivity contribution in [1.82, 2.24) is 9.80 Å². The molecule has 0 unspecified atom stereocenters. The molecule has 0 amide bonds. The molecule has 156 valence electrons. The van der Waals surface area contributed by atoms with E-state index in [-0.39, 0.29) is 12.0 Å². The SMILES string of the molecule is COc1cccc(CC2(CO)CCN([C@@H]3CCN(Cc4ccccc4)C3)CC2)c1. The number of hydrogen-bond acceptors (Lipinski definition) is 4. The number of hydrogen-bond donors (Lipinski definition) is 1. The lowest BCUT2D eigenvalue weighted by Crippen LogP contribution is -2.48. The molecule has 4 rings (SSSR count). The summed E-state index contributed by atoms with van der Waals surface area (Å²) in [6.45, 7) is 5.86. The minimum absolute atomic E-state index is 0.00515. The van der Waals surface area contributed by atoms with Gasteiger partial charge < -0.3 is 9.84 Å². The quantitative estimate of drug-likeness (QED) is 0.779. The molecule has 2 aliphatic heterocycles. The van der Waals surface area contributed by atoms with Gasteiger partial charge in [0.1, 0.15) is 5.75 Å². The van der Waals surface area contributed by atoms with Crippen LogP contribution < -0.4 is 4.74 Å². The summed E-state index contributed by atoms with van der Waals surface area (Å²) in [4.78, 5) is 5.26. The zero-order valence-electron chi connectivity index (χ0n) is 17.6. The van der Waals surface area contributed by atoms with Crippen LogP contribution in [0.15, 0.2) is 54.6 Å². The van der Waals surface area contributed by atoms with Crippen molar-refractivity contribution < 1.29 is 9.84 Å². The highest BCUT2D eigenvalue weighted by molar-refractivity contribution is 5.29. The Bertz CT molecular complexity index is 771. The van der Waals surface area contributed by atoms with E-state index in [1.54, 1.807) is 7.11 Å². The number of piperidine rings is 1. The maximum atomic E-state index is 10.2. The first-order valence-corrected chi connectivity index (χ1v) is 10.9. The van der Waals surface area contributed by atoms with Gasteiger partial charge in [0, 0.05) is 32.3 Å². The first kappa shape index (κ1) is 20.4. The van der Waals surface area contributed by atoms with Gasteiger partial charge in [-0.05, 0) is 67.4 Å². The summed E-state index contributed by atoms with van der Waals surface area (Å²) >= 11 is 0. The van der Waals surface area contributed by atoms with Gasteiger partial charge in [-0.3, -0.25) is 9.80 Å². The van der Waals surface area contributed by atoms with Crippen molar-refractivity contribution in [2.75, 3.05) is 39.9 Å². The molecule has 2 saturated heterocycles. The highest BCUT2D eigenvalue weighted by Gasteiger charge is 2.37. The summed E-state index contributed by atoms with van der Waals surface area (Å²) in [5, 5.41) is 10.2. The van der Waals surface area contributed by atoms with Crippen molar-refractivity contribution in [2.45, 2.75) is 38.3 Å². The third-order valence-corrected chi connectivity index (χ3v) is 6.92. The summed E-state index contributed by atoms with van der Waals surface area (Å²) in [5.41, 5.74) is 2.68. The van der Waals surface area contributed by atoms with Gasteiger partial charge in [-0.25, -0.2) is 0 Å². The van der Waals surface area contributed by atoms with E-state index in [4.69, 9.17) is 4.74 Å². The summed E-state index contributed by atoms with van der Waals surface area (Å²) in [7, 11) is 1.71. The number of benzene rings is 2. The molecule has 0 bridgehead atoms. The van der Waals surface area contributed by atoms with Crippen LogP contribution in [-0.2, 0) is 13.0 Å². The summed E-state index contributed by atoms with van der Waals surface area (Å²) in [6.07, 6.45) is 4.32. The van der Waals surface area contributed by atoms with Gasteiger partial charge in [-0.15, -0.1) is 0 Å². The highest BCUT2D eigenvalue weighted by Crippen LogP contribution is 2.37. The van der Waals surface area contributed by atoms with Crippen molar-refractivity contribution in [1.29, 1.82) is 0 Å². The molecule has 0 saturated carbocycles. The van der Waals surface area contributed by atoms with Gasteiger partial charge in [-0.1, -0.05) is 42.5 Å². The van der Waals surface area contributed by atoms with Gasteiger partial charge in [0.2, 0.25) is 0 Å². The molecule has 1 atom stereocenters. The standard InChI is InChI=1S/C25H34N2O2/c1-29-24-9-5-8-22(16-24)17-25(20-28)11-14-27(15-12-25)23-10-13-26(19-23)18-21-6-3-2-4-7-21/h2-9,16,23,28H,10-15,17-20H2,1H3/t23-/m1/s1. The maximum absolute atomic E-state index is 10.2. The lowest BCUT2D eigenvalue weighted by atomic mass is 9.74. The Morgan fingerprint density at radius 3 is 2.48 bits per heavy atom. The van der Waals surface area contributed by atoms with Gasteiger partial charge in [0.05, 0.1) is 7.11 Å². The molecule has 0 aromatic heterocycles. The zero-order chi connectivity index (χ0) is 20.1. The zero-order valence-corrected chi connectivity index (χ0v) is 17.6. The highest BCUT2D eigenvalue weighted by atomic mass is 16.5. The molecule has 29 heavy (non-hydrogen) atoms. The fourth-order valence-corrected chi connectivity index (χ4v) is 5.07. The third-order valence-electron chi connectivity index (χ3n) is 6.92. The van der Waals surface area contributed by atoms with Crippen LogP contribution in [0.5, 0.6) is 5.75 Å². The topological polar surface area (TPSA) is 35.9 Å². The van der Waals surface area contributed by atoms with Crippen LogP contribution in [0.4, 0.5) is 0 Å². The van der Waals surface area contributed by atoms with Crippen LogP contribution in [0.3, 0.4) is 0 Å². The smallest absolute Gasteiger partial charge is 0.119 e. The number of rotatable bonds is 7. The average molecular weight is 395 g/mol. The lowest BCUT2D eigenvalue weighted by molar-refractivity contribution is 0.0285. The Balaban J connectivity index is 1.31. The molecule has 0 radical (unpaired) electrons. The van der Waals surface area contributed by atoms with Gasteiger partial charge in [0.25, 0.3) is 0 Å². The molecule has 2 aliphatic rings. The summed E-state index contributed by atoms with van der Waals surface area (Å²) in [6, 6.07) is 19.8. The fourth-order valence-electron chi connectivity index (χ4n) is 5.07. The first-order valence-electron chi connectivity index (χ1n) is 10.9. The first-order chi connectivity index (χ1) is 14.2. The fraction of sp³-hybridized carbons (Fsp3) is 0.520. The maximum Gasteiger partial charge on any atom is 0.119 e. The normalized spacial score (nSPS) is 22.6. The Morgan fingerprint density at radius 2 is 1.76 bits per heavy atom. The molecule has 1 N–H and O–H groups in total. The molecule has 2 heterocycles. The number of ether oxygens (including phenoxy) is 1. The molecule has 2 aromatic rings. The largest absolute Gasteiger partial charge is 0.497 e. The number of nitrogens with zero attached hydrogens (tertiary/aromatic N) is 2. The molecule has 4 heteroatoms. The second-order valence-corrected chi connectivity index (χ2v) is 8.89. The predicted octanol–water partition coefficient (Wildman–Crippen LogP) is 3.59. The molecule has 0 aliphatic carbocycles. The van der Waals surface area contributed by atoms with Crippen molar-refractivity contribution in [3.63, 3.8) is 0 Å². The van der Waals surface area contributed by atoms with Crippen molar-refractivity contribution in [2.24, 2.45) is 5.41 Å². The van der Waals surface area contributed by atoms with Crippen LogP contribution in [0.25, 0.3) is 0 Å². The van der Waals surface area contributed by atoms with Crippen LogP contribution in [0.2, 0.25) is 0 Å². The Morgan fingerprint density at radius 1 is 1.00 bits per heavy atom. The number of aliphatic hydroxyl groups is 1. The number of likely N-dealkylation sites (tertiary alicyclic amines) is 2. The van der Waals surface area contributed by atoms with E-state index in [1.165, 1.54) is 24.1 Å². The summed E-state index contributed by atoms with van der Waals surface area (Å²) < 4.78 is 5.37. The molecule has 2 aromatic carbocycles. The van der Waals surface area contributed by atoms with E-state index < -0.39 is 0 Å². The molecule has 4 nitrogen and oxygen atoms in total. The summed E-state index contributed by atoms with van der Waals surface area (Å²) in [5.74, 6) is 0.900. The van der Waals surface area contributed by atoms with E-state index in [1.807, 2.05) is 12.1 Å². The molecule has 0 spiro atoms. The van der Waals surface area contributed by atoms with Crippen LogP contribution >= 0.6 is 0 Å². The minimum atomic E-state index is 0.00515. The second-order valence-electron chi connectivity index (χ2n) is 8.89. The van der Waals surface area contributed by atoms with Gasteiger partial charge in [0.15, 0.2) is 0 Å². The molecule has 2 fully saturated rings. The minimum Gasteiger partial charge on any atom is -0.497 e. The Hall–Kier alpha value is -1.88. The monoisotopic (exact) mass is 394 g/mol. The van der Waals surface area contributed by atoms with E-state index in [9.17, 15) is 5.11 Å². The van der Waals surface area contributed by atoms with Gasteiger partial charge >= 0.3 is 0 Å². The number of aliphatic hydroxyl groups excluding tert-OH is 1. The Labute approximate surface area is 175 Å². The van der Waals surface area contributed by atoms with Crippen LogP contribution in [0.1, 0.15) is 30.4 Å². The van der Waals surface area contributed by atoms with Crippen molar-refractivity contribution in [3.8, 4) is 5.75 Å². The van der Waals surface area contributed by atoms with Crippen LogP contribution in [0, 0.1) is 5.41 Å². The van der Waals surface area contributed by atoms with E-state index in [0.717, 1.165) is 51.2 Å². The van der Waals surface area contributed by atoms with Crippen molar-refractivity contribution in [3.05, 3.63) is 65.7 Å². The number of methoxy groups -OCH3 is 1. The third kappa shape index (κ3) is 5.00. The lowest BCUT2D eigenvalue weighted by Gasteiger charge is -2.43. The average Bonchev–Trinajstić information content (AvgIpc) is 3.23. The predicted molar refractivity (Wildman–Crippen MR) is 117 cm³/mol. The van der Waals surface area contributed by atoms with E-state index in [2.05, 4.69) is 52.3 Å². The van der Waals surface area contributed by atoms with E-state index >= 15 is 0 Å². The molecular formula is C25H34N2O2. The van der Waals surface area contributed by atoms with Crippen LogP contribution in [-0.4, -0.2) is 60.8 Å². The van der Waals surface area contributed by atoms with Gasteiger partial charge in [-0.2, -0.15) is 0 Å². The Kier molecular flexibility index (Phi) is 6.53.